The number of benzene rings is 1. The third-order valence-electron chi connectivity index (χ3n) is 2.63. The first-order valence-corrected chi connectivity index (χ1v) is 5.58. The molecule has 2 N–H and O–H groups in total. The number of rotatable bonds is 4. The number of hydrogen-bond acceptors (Lipinski definition) is 2. The maximum absolute atomic E-state index is 5.73. The highest BCUT2D eigenvalue weighted by atomic mass is 15.0. The molecule has 3 heteroatoms. The van der Waals surface area contributed by atoms with Crippen molar-refractivity contribution in [2.24, 2.45) is 5.73 Å². The Bertz CT molecular complexity index is 415. The highest BCUT2D eigenvalue weighted by Gasteiger charge is 1.98. The molecule has 0 aliphatic heterocycles. The first-order chi connectivity index (χ1) is 7.75. The summed E-state index contributed by atoms with van der Waals surface area (Å²) < 4.78 is 2.00. The van der Waals surface area contributed by atoms with Gasteiger partial charge in [0.25, 0.3) is 0 Å². The molecule has 1 aromatic heterocycles. The SMILES string of the molecule is CC(N)CCc1ccc(-n2ccnc2)cc1. The van der Waals surface area contributed by atoms with Crippen molar-refractivity contribution in [1.82, 2.24) is 9.55 Å². The van der Waals surface area contributed by atoms with Crippen LogP contribution in [0.15, 0.2) is 43.0 Å². The van der Waals surface area contributed by atoms with Gasteiger partial charge in [0.1, 0.15) is 0 Å². The molecule has 0 radical (unpaired) electrons. The van der Waals surface area contributed by atoms with Crippen LogP contribution in [0.5, 0.6) is 0 Å². The topological polar surface area (TPSA) is 43.8 Å². The minimum atomic E-state index is 0.272. The summed E-state index contributed by atoms with van der Waals surface area (Å²) in [6.45, 7) is 2.04. The Balaban J connectivity index is 2.05. The van der Waals surface area contributed by atoms with E-state index in [1.54, 1.807) is 12.5 Å². The number of hydrogen-bond donors (Lipinski definition) is 1. The molecule has 16 heavy (non-hydrogen) atoms. The Morgan fingerprint density at radius 2 is 2.06 bits per heavy atom. The summed E-state index contributed by atoms with van der Waals surface area (Å²) in [5, 5.41) is 0. The van der Waals surface area contributed by atoms with Crippen LogP contribution in [0.25, 0.3) is 5.69 Å². The molecule has 1 unspecified atom stereocenters. The normalized spacial score (nSPS) is 12.6. The smallest absolute Gasteiger partial charge is 0.0991 e. The summed E-state index contributed by atoms with van der Waals surface area (Å²) in [5.41, 5.74) is 8.21. The molecule has 2 aromatic rings. The van der Waals surface area contributed by atoms with Crippen LogP contribution >= 0.6 is 0 Å². The quantitative estimate of drug-likeness (QED) is 0.849. The van der Waals surface area contributed by atoms with Crippen molar-refractivity contribution in [2.45, 2.75) is 25.8 Å². The molecule has 0 saturated heterocycles. The maximum Gasteiger partial charge on any atom is 0.0991 e. The average molecular weight is 215 g/mol. The zero-order valence-corrected chi connectivity index (χ0v) is 9.50. The van der Waals surface area contributed by atoms with E-state index in [0.29, 0.717) is 0 Å². The van der Waals surface area contributed by atoms with Gasteiger partial charge in [-0.3, -0.25) is 0 Å². The molecule has 2 rings (SSSR count). The second-order valence-corrected chi connectivity index (χ2v) is 4.15. The summed E-state index contributed by atoms with van der Waals surface area (Å²) >= 11 is 0. The predicted octanol–water partition coefficient (Wildman–Crippen LogP) is 2.15. The molecule has 1 aromatic carbocycles. The molecule has 0 fully saturated rings. The number of aryl methyl sites for hydroxylation is 1. The van der Waals surface area contributed by atoms with Gasteiger partial charge >= 0.3 is 0 Å². The first kappa shape index (κ1) is 10.9. The molecule has 84 valence electrons. The molecule has 1 heterocycles. The lowest BCUT2D eigenvalue weighted by Gasteiger charge is -2.06. The Labute approximate surface area is 95.9 Å². The second kappa shape index (κ2) is 4.94. The van der Waals surface area contributed by atoms with Gasteiger partial charge in [-0.05, 0) is 37.5 Å². The molecule has 1 atom stereocenters. The van der Waals surface area contributed by atoms with Crippen LogP contribution in [0.1, 0.15) is 18.9 Å². The third-order valence-corrected chi connectivity index (χ3v) is 2.63. The Hall–Kier alpha value is -1.61. The van der Waals surface area contributed by atoms with Gasteiger partial charge in [-0.2, -0.15) is 0 Å². The van der Waals surface area contributed by atoms with E-state index in [1.165, 1.54) is 5.56 Å². The van der Waals surface area contributed by atoms with Crippen molar-refractivity contribution in [3.05, 3.63) is 48.5 Å². The van der Waals surface area contributed by atoms with Gasteiger partial charge in [0.05, 0.1) is 6.33 Å². The lowest BCUT2D eigenvalue weighted by molar-refractivity contribution is 0.666. The summed E-state index contributed by atoms with van der Waals surface area (Å²) in [7, 11) is 0. The van der Waals surface area contributed by atoms with Crippen LogP contribution in [0.4, 0.5) is 0 Å². The fourth-order valence-electron chi connectivity index (χ4n) is 1.64. The number of nitrogens with two attached hydrogens (primary N) is 1. The van der Waals surface area contributed by atoms with Crippen LogP contribution in [0, 0.1) is 0 Å². The summed E-state index contributed by atoms with van der Waals surface area (Å²) in [6, 6.07) is 8.79. The highest BCUT2D eigenvalue weighted by molar-refractivity contribution is 5.34. The molecule has 0 bridgehead atoms. The van der Waals surface area contributed by atoms with E-state index < -0.39 is 0 Å². The van der Waals surface area contributed by atoms with Crippen molar-refractivity contribution in [1.29, 1.82) is 0 Å². The van der Waals surface area contributed by atoms with Crippen LogP contribution in [-0.4, -0.2) is 15.6 Å². The van der Waals surface area contributed by atoms with Gasteiger partial charge < -0.3 is 10.3 Å². The average Bonchev–Trinajstić information content (AvgIpc) is 2.80. The van der Waals surface area contributed by atoms with Crippen LogP contribution in [0.2, 0.25) is 0 Å². The van der Waals surface area contributed by atoms with E-state index in [9.17, 15) is 0 Å². The second-order valence-electron chi connectivity index (χ2n) is 4.15. The maximum atomic E-state index is 5.73. The first-order valence-electron chi connectivity index (χ1n) is 5.58. The molecular weight excluding hydrogens is 198 g/mol. The van der Waals surface area contributed by atoms with E-state index in [4.69, 9.17) is 5.73 Å². The van der Waals surface area contributed by atoms with Crippen molar-refractivity contribution >= 4 is 0 Å². The van der Waals surface area contributed by atoms with E-state index in [0.717, 1.165) is 18.5 Å². The lowest BCUT2D eigenvalue weighted by Crippen LogP contribution is -2.15. The Morgan fingerprint density at radius 1 is 1.31 bits per heavy atom. The molecule has 0 aliphatic carbocycles. The van der Waals surface area contributed by atoms with E-state index in [-0.39, 0.29) is 6.04 Å². The van der Waals surface area contributed by atoms with E-state index in [2.05, 4.69) is 29.2 Å². The van der Waals surface area contributed by atoms with Crippen molar-refractivity contribution in [2.75, 3.05) is 0 Å². The Kier molecular flexibility index (Phi) is 3.37. The molecule has 0 saturated carbocycles. The third kappa shape index (κ3) is 2.70. The van der Waals surface area contributed by atoms with Gasteiger partial charge in [0.2, 0.25) is 0 Å². The van der Waals surface area contributed by atoms with Crippen LogP contribution in [0.3, 0.4) is 0 Å². The van der Waals surface area contributed by atoms with E-state index >= 15 is 0 Å². The molecular formula is C13H17N3. The fourth-order valence-corrected chi connectivity index (χ4v) is 1.64. The largest absolute Gasteiger partial charge is 0.328 e. The predicted molar refractivity (Wildman–Crippen MR) is 65.5 cm³/mol. The minimum Gasteiger partial charge on any atom is -0.328 e. The van der Waals surface area contributed by atoms with Gasteiger partial charge in [0, 0.05) is 24.1 Å². The number of imidazole rings is 1. The molecule has 3 nitrogen and oxygen atoms in total. The summed E-state index contributed by atoms with van der Waals surface area (Å²) in [4.78, 5) is 4.03. The van der Waals surface area contributed by atoms with Crippen molar-refractivity contribution in [3.63, 3.8) is 0 Å². The number of nitrogens with zero attached hydrogens (tertiary/aromatic N) is 2. The number of aromatic nitrogens is 2. The minimum absolute atomic E-state index is 0.272. The molecule has 0 spiro atoms. The zero-order valence-electron chi connectivity index (χ0n) is 9.50. The standard InChI is InChI=1S/C13H17N3/c1-11(14)2-3-12-4-6-13(7-5-12)16-9-8-15-10-16/h4-11H,2-3,14H2,1H3. The lowest BCUT2D eigenvalue weighted by atomic mass is 10.1. The van der Waals surface area contributed by atoms with Gasteiger partial charge in [-0.15, -0.1) is 0 Å². The van der Waals surface area contributed by atoms with Crippen molar-refractivity contribution in [3.8, 4) is 5.69 Å². The van der Waals surface area contributed by atoms with Gasteiger partial charge in [-0.25, -0.2) is 4.98 Å². The van der Waals surface area contributed by atoms with Crippen LogP contribution in [-0.2, 0) is 6.42 Å². The summed E-state index contributed by atoms with van der Waals surface area (Å²) in [5.74, 6) is 0. The zero-order chi connectivity index (χ0) is 11.4. The van der Waals surface area contributed by atoms with Gasteiger partial charge in [0.15, 0.2) is 0 Å². The van der Waals surface area contributed by atoms with Crippen LogP contribution < -0.4 is 5.73 Å². The highest BCUT2D eigenvalue weighted by Crippen LogP contribution is 2.11. The molecule has 0 amide bonds. The molecule has 0 aliphatic rings. The van der Waals surface area contributed by atoms with Gasteiger partial charge in [-0.1, -0.05) is 12.1 Å². The summed E-state index contributed by atoms with van der Waals surface area (Å²) in [6.07, 6.45) is 7.60. The Morgan fingerprint density at radius 3 is 2.62 bits per heavy atom. The van der Waals surface area contributed by atoms with Crippen molar-refractivity contribution < 1.29 is 0 Å². The fraction of sp³-hybridized carbons (Fsp3) is 0.308. The monoisotopic (exact) mass is 215 g/mol. The van der Waals surface area contributed by atoms with E-state index in [1.807, 2.05) is 17.7 Å².